The maximum atomic E-state index is 12.9. The van der Waals surface area contributed by atoms with E-state index in [0.717, 1.165) is 83.5 Å². The molecule has 0 aromatic carbocycles. The lowest BCUT2D eigenvalue weighted by molar-refractivity contribution is -0.870. The minimum Gasteiger partial charge on any atom is -0.477 e. The SMILES string of the molecule is CC/C=C\C/C=C\C/C=C\C/C=C\C/C=C\C/C=C\C/C=C\CCCCCC(=O)OC(COC(=O)CCCCCCCCCCCCCCCCCCCCCCCCCCCCCCCCCCCCCC)COC(OCC[N+](C)(C)C)C(=O)O. The first-order valence-electron chi connectivity index (χ1n) is 36.3. The fourth-order valence-electron chi connectivity index (χ4n) is 10.4. The second-order valence-electron chi connectivity index (χ2n) is 25.5. The summed E-state index contributed by atoms with van der Waals surface area (Å²) in [6, 6.07) is 0. The van der Waals surface area contributed by atoms with E-state index in [1.165, 1.54) is 212 Å². The van der Waals surface area contributed by atoms with Crippen molar-refractivity contribution < 1.29 is 42.9 Å². The van der Waals surface area contributed by atoms with Gasteiger partial charge in [0.15, 0.2) is 6.10 Å². The number of carboxylic acids is 1. The van der Waals surface area contributed by atoms with Gasteiger partial charge in [-0.15, -0.1) is 0 Å². The Labute approximate surface area is 531 Å². The lowest BCUT2D eigenvalue weighted by Gasteiger charge is -2.25. The van der Waals surface area contributed by atoms with Crippen molar-refractivity contribution in [1.29, 1.82) is 0 Å². The van der Waals surface area contributed by atoms with Crippen molar-refractivity contribution in [3.8, 4) is 0 Å². The molecule has 2 atom stereocenters. The summed E-state index contributed by atoms with van der Waals surface area (Å²) in [7, 11) is 5.97. The van der Waals surface area contributed by atoms with Crippen molar-refractivity contribution in [3.63, 3.8) is 0 Å². The summed E-state index contributed by atoms with van der Waals surface area (Å²) in [5, 5.41) is 9.74. The Bertz CT molecular complexity index is 1690. The molecular weight excluding hydrogens is 1070 g/mol. The van der Waals surface area contributed by atoms with E-state index in [1.54, 1.807) is 0 Å². The molecule has 0 fully saturated rings. The summed E-state index contributed by atoms with van der Waals surface area (Å²) < 4.78 is 22.9. The van der Waals surface area contributed by atoms with Crippen LogP contribution in [0.15, 0.2) is 85.1 Å². The van der Waals surface area contributed by atoms with Crippen LogP contribution in [-0.4, -0.2) is 87.4 Å². The third-order valence-corrected chi connectivity index (χ3v) is 15.9. The molecule has 0 aliphatic carbocycles. The van der Waals surface area contributed by atoms with Crippen LogP contribution in [0.1, 0.15) is 328 Å². The maximum Gasteiger partial charge on any atom is 0.361 e. The quantitative estimate of drug-likeness (QED) is 0.0211. The molecule has 0 spiro atoms. The van der Waals surface area contributed by atoms with Gasteiger partial charge in [0.05, 0.1) is 34.4 Å². The zero-order chi connectivity index (χ0) is 62.6. The van der Waals surface area contributed by atoms with Gasteiger partial charge >= 0.3 is 17.9 Å². The lowest BCUT2D eigenvalue weighted by Crippen LogP contribution is -2.40. The van der Waals surface area contributed by atoms with Gasteiger partial charge in [0, 0.05) is 12.8 Å². The zero-order valence-electron chi connectivity index (χ0n) is 57.0. The van der Waals surface area contributed by atoms with Crippen LogP contribution in [0, 0.1) is 0 Å². The first-order chi connectivity index (χ1) is 42.1. The second-order valence-corrected chi connectivity index (χ2v) is 25.5. The number of carbonyl (C=O) groups excluding carboxylic acids is 2. The minimum absolute atomic E-state index is 0.178. The Hall–Kier alpha value is -3.53. The van der Waals surface area contributed by atoms with Crippen LogP contribution in [0.25, 0.3) is 0 Å². The number of quaternary nitrogens is 1. The molecule has 0 aliphatic rings. The van der Waals surface area contributed by atoms with Gasteiger partial charge in [0.1, 0.15) is 13.2 Å². The molecule has 86 heavy (non-hydrogen) atoms. The fourth-order valence-corrected chi connectivity index (χ4v) is 10.4. The van der Waals surface area contributed by atoms with Crippen molar-refractivity contribution in [1.82, 2.24) is 0 Å². The summed E-state index contributed by atoms with van der Waals surface area (Å²) in [5.74, 6) is -2.04. The van der Waals surface area contributed by atoms with Crippen molar-refractivity contribution in [2.75, 3.05) is 47.5 Å². The number of hydrogen-bond acceptors (Lipinski definition) is 7. The highest BCUT2D eigenvalue weighted by atomic mass is 16.7. The van der Waals surface area contributed by atoms with E-state index >= 15 is 0 Å². The number of carbonyl (C=O) groups is 3. The molecule has 0 heterocycles. The predicted molar refractivity (Wildman–Crippen MR) is 369 cm³/mol. The van der Waals surface area contributed by atoms with Gasteiger partial charge in [-0.05, 0) is 70.6 Å². The molecular formula is C77H138NO8+. The first-order valence-corrected chi connectivity index (χ1v) is 36.3. The minimum atomic E-state index is -1.52. The molecule has 0 aromatic heterocycles. The van der Waals surface area contributed by atoms with E-state index in [9.17, 15) is 19.5 Å². The van der Waals surface area contributed by atoms with Gasteiger partial charge in [-0.25, -0.2) is 4.79 Å². The van der Waals surface area contributed by atoms with E-state index in [0.29, 0.717) is 23.9 Å². The molecule has 498 valence electrons. The van der Waals surface area contributed by atoms with Crippen molar-refractivity contribution in [2.24, 2.45) is 0 Å². The van der Waals surface area contributed by atoms with Crippen LogP contribution in [0.4, 0.5) is 0 Å². The summed E-state index contributed by atoms with van der Waals surface area (Å²) in [6.07, 6.45) is 88.7. The van der Waals surface area contributed by atoms with Gasteiger partial charge in [-0.3, -0.25) is 9.59 Å². The number of rotatable bonds is 67. The molecule has 0 radical (unpaired) electrons. The summed E-state index contributed by atoms with van der Waals surface area (Å²) in [4.78, 5) is 37.6. The molecule has 9 heteroatoms. The van der Waals surface area contributed by atoms with Crippen LogP contribution in [0.5, 0.6) is 0 Å². The largest absolute Gasteiger partial charge is 0.477 e. The Morgan fingerprint density at radius 1 is 0.360 bits per heavy atom. The number of ether oxygens (including phenoxy) is 4. The third kappa shape index (κ3) is 68.0. The van der Waals surface area contributed by atoms with Crippen LogP contribution >= 0.6 is 0 Å². The number of allylic oxidation sites excluding steroid dienone is 14. The fraction of sp³-hybridized carbons (Fsp3) is 0.779. The topological polar surface area (TPSA) is 108 Å². The molecule has 0 saturated carbocycles. The van der Waals surface area contributed by atoms with Gasteiger partial charge in [0.25, 0.3) is 6.29 Å². The van der Waals surface area contributed by atoms with Crippen LogP contribution in [-0.2, 0) is 33.3 Å². The molecule has 0 aliphatic heterocycles. The molecule has 0 amide bonds. The van der Waals surface area contributed by atoms with Gasteiger partial charge < -0.3 is 28.5 Å². The number of carboxylic acid groups (broad SMARTS) is 1. The Morgan fingerprint density at radius 3 is 0.988 bits per heavy atom. The monoisotopic (exact) mass is 1210 g/mol. The Morgan fingerprint density at radius 2 is 0.663 bits per heavy atom. The second kappa shape index (κ2) is 67.4. The molecule has 1 N–H and O–H groups in total. The number of nitrogens with zero attached hydrogens (tertiary/aromatic N) is 1. The van der Waals surface area contributed by atoms with E-state index in [1.807, 2.05) is 21.1 Å². The average Bonchev–Trinajstić information content (AvgIpc) is 3.63. The van der Waals surface area contributed by atoms with Crippen LogP contribution < -0.4 is 0 Å². The number of aliphatic carboxylic acids is 1. The number of esters is 2. The van der Waals surface area contributed by atoms with Crippen LogP contribution in [0.3, 0.4) is 0 Å². The number of unbranched alkanes of at least 4 members (excludes halogenated alkanes) is 38. The van der Waals surface area contributed by atoms with E-state index < -0.39 is 24.3 Å². The van der Waals surface area contributed by atoms with Crippen molar-refractivity contribution >= 4 is 17.9 Å². The number of likely N-dealkylation sites (N-methyl/N-ethyl adjacent to an activating group) is 1. The van der Waals surface area contributed by atoms with Crippen molar-refractivity contribution in [2.45, 2.75) is 341 Å². The smallest absolute Gasteiger partial charge is 0.361 e. The maximum absolute atomic E-state index is 12.9. The van der Waals surface area contributed by atoms with Gasteiger partial charge in [0.2, 0.25) is 0 Å². The molecule has 0 aromatic rings. The molecule has 0 rings (SSSR count). The number of hydrogen-bond donors (Lipinski definition) is 1. The highest BCUT2D eigenvalue weighted by molar-refractivity contribution is 5.71. The average molecular weight is 1210 g/mol. The molecule has 0 saturated heterocycles. The summed E-state index contributed by atoms with van der Waals surface area (Å²) in [5.41, 5.74) is 0. The van der Waals surface area contributed by atoms with E-state index in [-0.39, 0.29) is 32.2 Å². The van der Waals surface area contributed by atoms with Gasteiger partial charge in [-0.2, -0.15) is 0 Å². The molecule has 9 nitrogen and oxygen atoms in total. The zero-order valence-corrected chi connectivity index (χ0v) is 57.0. The standard InChI is InChI=1S/C77H137NO8/c1-6-8-10-12-14-16-18-20-22-24-26-28-30-32-33-34-35-36-37-38-39-40-41-42-44-45-47-49-51-53-55-57-59-61-63-65-67-74(79)84-71-73(72-85-77(76(81)82)83-70-69-78(3,4)5)86-75(80)68-66-64-62-60-58-56-54-52-50-48-46-43-31-29-27-25-23-21-19-17-15-13-11-9-7-2/h9,11,15,17,21,23,27,29,43,46,50,52,56,58,73,77H,6-8,10,12-14,16,18-20,22,24-26,28,30-42,44-45,47-49,51,53-55,57,59-72H2,1-5H3/p+1/b11-9-,17-15-,23-21-,29-27-,46-43-,52-50-,58-56-. The van der Waals surface area contributed by atoms with Crippen molar-refractivity contribution in [3.05, 3.63) is 85.1 Å². The highest BCUT2D eigenvalue weighted by Gasteiger charge is 2.25. The molecule has 2 unspecified atom stereocenters. The van der Waals surface area contributed by atoms with E-state index in [4.69, 9.17) is 18.9 Å². The summed E-state index contributed by atoms with van der Waals surface area (Å²) >= 11 is 0. The van der Waals surface area contributed by atoms with E-state index in [2.05, 4.69) is 98.9 Å². The molecule has 0 bridgehead atoms. The third-order valence-electron chi connectivity index (χ3n) is 15.9. The summed E-state index contributed by atoms with van der Waals surface area (Å²) in [6.45, 7) is 4.76. The normalized spacial score (nSPS) is 13.2. The predicted octanol–water partition coefficient (Wildman–Crippen LogP) is 22.6. The Kier molecular flexibility index (Phi) is 64.6. The van der Waals surface area contributed by atoms with Gasteiger partial charge in [-0.1, -0.05) is 330 Å². The van der Waals surface area contributed by atoms with Crippen LogP contribution in [0.2, 0.25) is 0 Å². The Balaban J connectivity index is 4.08. The highest BCUT2D eigenvalue weighted by Crippen LogP contribution is 2.19. The first kappa shape index (κ1) is 82.5. The lowest BCUT2D eigenvalue weighted by atomic mass is 10.0.